The number of nitrogens with zero attached hydrogens (tertiary/aromatic N) is 3. The first-order valence-corrected chi connectivity index (χ1v) is 17.9. The molecule has 3 atom stereocenters. The molecule has 6 rings (SSSR count). The molecular formula is C42H55N3O7. The first kappa shape index (κ1) is 39.9. The summed E-state index contributed by atoms with van der Waals surface area (Å²) in [5.74, 6) is -0.277. The van der Waals surface area contributed by atoms with Crippen LogP contribution in [0.25, 0.3) is 0 Å². The van der Waals surface area contributed by atoms with Gasteiger partial charge in [0.15, 0.2) is 0 Å². The molecule has 0 aliphatic carbocycles. The minimum Gasteiger partial charge on any atom is -0.447 e. The van der Waals surface area contributed by atoms with E-state index in [1.165, 1.54) is 4.90 Å². The molecule has 3 fully saturated rings. The van der Waals surface area contributed by atoms with E-state index in [0.717, 1.165) is 11.1 Å². The van der Waals surface area contributed by atoms with Crippen molar-refractivity contribution < 1.29 is 33.4 Å². The third-order valence-corrected chi connectivity index (χ3v) is 8.27. The van der Waals surface area contributed by atoms with Crippen molar-refractivity contribution in [3.63, 3.8) is 0 Å². The molecule has 280 valence electrons. The molecule has 3 aromatic rings. The Balaban J connectivity index is 0.000000175. The maximum atomic E-state index is 12.2. The van der Waals surface area contributed by atoms with E-state index in [2.05, 4.69) is 41.5 Å². The van der Waals surface area contributed by atoms with Gasteiger partial charge in [-0.25, -0.2) is 19.3 Å². The first-order valence-electron chi connectivity index (χ1n) is 17.9. The smallest absolute Gasteiger partial charge is 0.417 e. The highest BCUT2D eigenvalue weighted by Crippen LogP contribution is 2.33. The van der Waals surface area contributed by atoms with Crippen molar-refractivity contribution in [3.05, 3.63) is 108 Å². The fourth-order valence-electron chi connectivity index (χ4n) is 6.08. The van der Waals surface area contributed by atoms with Crippen LogP contribution in [-0.2, 0) is 19.0 Å². The highest BCUT2D eigenvalue weighted by Gasteiger charge is 2.43. The quantitative estimate of drug-likeness (QED) is 0.235. The molecule has 1 unspecified atom stereocenters. The van der Waals surface area contributed by atoms with Gasteiger partial charge in [-0.15, -0.1) is 0 Å². The zero-order valence-electron chi connectivity index (χ0n) is 32.1. The second kappa shape index (κ2) is 16.7. The lowest BCUT2D eigenvalue weighted by molar-refractivity contribution is -0.130. The molecule has 10 nitrogen and oxygen atoms in total. The van der Waals surface area contributed by atoms with E-state index in [9.17, 15) is 19.2 Å². The fourth-order valence-corrected chi connectivity index (χ4v) is 6.08. The van der Waals surface area contributed by atoms with Gasteiger partial charge in [-0.3, -0.25) is 14.6 Å². The zero-order chi connectivity index (χ0) is 38.3. The molecule has 0 radical (unpaired) electrons. The van der Waals surface area contributed by atoms with Crippen molar-refractivity contribution in [2.45, 2.75) is 80.5 Å². The normalized spacial score (nSPS) is 20.4. The summed E-state index contributed by atoms with van der Waals surface area (Å²) >= 11 is 0. The van der Waals surface area contributed by atoms with E-state index in [4.69, 9.17) is 14.2 Å². The van der Waals surface area contributed by atoms with Crippen LogP contribution in [0.5, 0.6) is 0 Å². The van der Waals surface area contributed by atoms with E-state index in [0.29, 0.717) is 38.4 Å². The summed E-state index contributed by atoms with van der Waals surface area (Å²) in [4.78, 5) is 52.2. The van der Waals surface area contributed by atoms with Crippen LogP contribution in [0.3, 0.4) is 0 Å². The molecule has 0 aromatic heterocycles. The summed E-state index contributed by atoms with van der Waals surface area (Å²) in [5.41, 5.74) is 3.02. The third kappa shape index (κ3) is 11.3. The van der Waals surface area contributed by atoms with E-state index < -0.39 is 12.2 Å². The minimum atomic E-state index is -0.791. The Morgan fingerprint density at radius 2 is 0.846 bits per heavy atom. The molecule has 0 spiro atoms. The van der Waals surface area contributed by atoms with Crippen LogP contribution >= 0.6 is 0 Å². The largest absolute Gasteiger partial charge is 0.447 e. The Morgan fingerprint density at radius 3 is 1.19 bits per heavy atom. The molecule has 3 aliphatic heterocycles. The second-order valence-corrected chi connectivity index (χ2v) is 17.0. The number of rotatable bonds is 6. The van der Waals surface area contributed by atoms with Gasteiger partial charge in [0, 0.05) is 25.2 Å². The summed E-state index contributed by atoms with van der Waals surface area (Å²) in [5, 5.41) is 0. The predicted molar refractivity (Wildman–Crippen MR) is 200 cm³/mol. The van der Waals surface area contributed by atoms with Crippen molar-refractivity contribution in [3.8, 4) is 0 Å². The Morgan fingerprint density at radius 1 is 0.500 bits per heavy atom. The molecule has 3 aliphatic rings. The molecule has 3 aromatic carbocycles. The number of hydrogen-bond acceptors (Lipinski definition) is 7. The molecule has 3 saturated heterocycles. The maximum Gasteiger partial charge on any atom is 0.417 e. The average molecular weight is 714 g/mol. The van der Waals surface area contributed by atoms with Gasteiger partial charge < -0.3 is 14.2 Å². The van der Waals surface area contributed by atoms with Crippen molar-refractivity contribution in [2.24, 2.45) is 16.2 Å². The molecule has 3 heterocycles. The van der Waals surface area contributed by atoms with Gasteiger partial charge in [-0.1, -0.05) is 153 Å². The van der Waals surface area contributed by atoms with Crippen LogP contribution in [0.1, 0.15) is 97.2 Å². The van der Waals surface area contributed by atoms with Crippen molar-refractivity contribution in [1.29, 1.82) is 0 Å². The number of cyclic esters (lactones) is 3. The third-order valence-electron chi connectivity index (χ3n) is 8.27. The van der Waals surface area contributed by atoms with E-state index >= 15 is 0 Å². The van der Waals surface area contributed by atoms with Crippen molar-refractivity contribution >= 4 is 24.2 Å². The average Bonchev–Trinajstić information content (AvgIpc) is 3.71. The van der Waals surface area contributed by atoms with Gasteiger partial charge in [0.2, 0.25) is 6.10 Å². The van der Waals surface area contributed by atoms with Crippen LogP contribution < -0.4 is 0 Å². The number of imide groups is 1. The number of benzene rings is 3. The zero-order valence-corrected chi connectivity index (χ0v) is 32.1. The summed E-state index contributed by atoms with van der Waals surface area (Å²) in [6.45, 7) is 21.4. The first-order chi connectivity index (χ1) is 24.3. The molecule has 4 amide bonds. The lowest BCUT2D eigenvalue weighted by Crippen LogP contribution is -2.36. The van der Waals surface area contributed by atoms with Crippen LogP contribution in [-0.4, -0.2) is 71.7 Å². The monoisotopic (exact) mass is 713 g/mol. The standard InChI is InChI=1S/C14H17NO3.2C14H19NO2/c1-14(2,3)9-15-12(16)11(18-13(15)17)10-7-5-4-6-8-10;2*1-14(2,3)10-15-12(9-17-13(15)16)11-7-5-4-6-8-11/h4-8,11H,9H2,1-3H3;2*4-8,12H,9-10H2,1-3H3/t;2*12-/m.10/s1. The van der Waals surface area contributed by atoms with Gasteiger partial charge in [0.1, 0.15) is 13.2 Å². The summed E-state index contributed by atoms with van der Waals surface area (Å²) in [6, 6.07) is 29.3. The van der Waals surface area contributed by atoms with Crippen LogP contribution in [0.15, 0.2) is 91.0 Å². The Kier molecular flexibility index (Phi) is 12.8. The number of carbonyl (C=O) groups is 4. The number of carbonyl (C=O) groups excluding carboxylic acids is 4. The molecular weight excluding hydrogens is 658 g/mol. The van der Waals surface area contributed by atoms with Gasteiger partial charge in [-0.2, -0.15) is 0 Å². The highest BCUT2D eigenvalue weighted by molar-refractivity contribution is 6.00. The Labute approximate surface area is 309 Å². The molecule has 52 heavy (non-hydrogen) atoms. The minimum absolute atomic E-state index is 0.0583. The van der Waals surface area contributed by atoms with E-state index in [-0.39, 0.29) is 46.4 Å². The maximum absolute atomic E-state index is 12.2. The van der Waals surface area contributed by atoms with Gasteiger partial charge in [-0.05, 0) is 27.4 Å². The number of amides is 4. The summed E-state index contributed by atoms with van der Waals surface area (Å²) < 4.78 is 15.5. The Hall–Kier alpha value is -4.86. The van der Waals surface area contributed by atoms with E-state index in [1.807, 2.05) is 109 Å². The predicted octanol–water partition coefficient (Wildman–Crippen LogP) is 9.20. The van der Waals surface area contributed by atoms with Crippen LogP contribution in [0, 0.1) is 16.2 Å². The number of ether oxygens (including phenoxy) is 3. The van der Waals surface area contributed by atoms with Crippen LogP contribution in [0.2, 0.25) is 0 Å². The van der Waals surface area contributed by atoms with Gasteiger partial charge in [0.25, 0.3) is 5.91 Å². The van der Waals surface area contributed by atoms with Gasteiger partial charge >= 0.3 is 18.3 Å². The SMILES string of the molecule is CC(C)(C)CN1C(=O)OC(c2ccccc2)C1=O.CC(C)(C)CN1C(=O)OC[C@@H]1c1ccccc1.CC(C)(C)CN1C(=O)OC[C@H]1c1ccccc1. The lowest BCUT2D eigenvalue weighted by atomic mass is 9.95. The Bertz CT molecular complexity index is 1560. The van der Waals surface area contributed by atoms with Crippen molar-refractivity contribution in [1.82, 2.24) is 14.7 Å². The number of hydrogen-bond donors (Lipinski definition) is 0. The molecule has 0 N–H and O–H groups in total. The van der Waals surface area contributed by atoms with E-state index in [1.54, 1.807) is 12.1 Å². The summed E-state index contributed by atoms with van der Waals surface area (Å²) in [6.07, 6.45) is -1.74. The van der Waals surface area contributed by atoms with Crippen LogP contribution in [0.4, 0.5) is 14.4 Å². The molecule has 10 heteroatoms. The van der Waals surface area contributed by atoms with Gasteiger partial charge in [0.05, 0.1) is 12.1 Å². The second-order valence-electron chi connectivity index (χ2n) is 17.0. The molecule has 0 bridgehead atoms. The highest BCUT2D eigenvalue weighted by atomic mass is 16.6. The van der Waals surface area contributed by atoms with Crippen molar-refractivity contribution in [2.75, 3.05) is 32.8 Å². The molecule has 0 saturated carbocycles. The summed E-state index contributed by atoms with van der Waals surface area (Å²) in [7, 11) is 0. The lowest BCUT2D eigenvalue weighted by Gasteiger charge is -2.29. The topological polar surface area (TPSA) is 106 Å². The fraction of sp³-hybridized carbons (Fsp3) is 0.476.